The van der Waals surface area contributed by atoms with Crippen LogP contribution < -0.4 is 16.9 Å². The molecule has 1 amide bonds. The summed E-state index contributed by atoms with van der Waals surface area (Å²) in [4.78, 5) is 10.7. The number of nitrogens with zero attached hydrogens (tertiary/aromatic N) is 2. The van der Waals surface area contributed by atoms with Crippen LogP contribution >= 0.6 is 0 Å². The standard InChI is InChI=1S/C8H15N5O2/c1-2-3-12-13(10)5-6(9)7-4-11-8(14)15-7/h2-3,6-7H,1,4-5,9-10H2,(H,11,14)/b12-3-/t6-,7-/m1/s1. The van der Waals surface area contributed by atoms with Gasteiger partial charge in [0.1, 0.15) is 6.10 Å². The van der Waals surface area contributed by atoms with Gasteiger partial charge in [0.05, 0.1) is 19.1 Å². The second kappa shape index (κ2) is 5.32. The van der Waals surface area contributed by atoms with Crippen LogP contribution in [0.25, 0.3) is 0 Å². The Morgan fingerprint density at radius 1 is 1.87 bits per heavy atom. The van der Waals surface area contributed by atoms with Crippen LogP contribution in [0.1, 0.15) is 0 Å². The molecule has 2 atom stereocenters. The summed E-state index contributed by atoms with van der Waals surface area (Å²) in [7, 11) is 0. The van der Waals surface area contributed by atoms with E-state index in [0.29, 0.717) is 13.1 Å². The topological polar surface area (TPSA) is 106 Å². The van der Waals surface area contributed by atoms with Gasteiger partial charge in [-0.2, -0.15) is 5.10 Å². The van der Waals surface area contributed by atoms with E-state index in [1.807, 2.05) is 0 Å². The number of nitrogens with one attached hydrogen (secondary N) is 1. The molecule has 0 aromatic carbocycles. The zero-order chi connectivity index (χ0) is 11.3. The average Bonchev–Trinajstić information content (AvgIpc) is 2.61. The Morgan fingerprint density at radius 2 is 2.60 bits per heavy atom. The Kier molecular flexibility index (Phi) is 4.07. The molecular formula is C8H15N5O2. The van der Waals surface area contributed by atoms with E-state index in [-0.39, 0.29) is 12.1 Å². The zero-order valence-electron chi connectivity index (χ0n) is 8.30. The van der Waals surface area contributed by atoms with E-state index in [0.717, 1.165) is 0 Å². The maximum atomic E-state index is 10.7. The van der Waals surface area contributed by atoms with Crippen molar-refractivity contribution >= 4 is 12.3 Å². The average molecular weight is 213 g/mol. The summed E-state index contributed by atoms with van der Waals surface area (Å²) in [6.07, 6.45) is 2.14. The number of rotatable bonds is 5. The first kappa shape index (κ1) is 11.5. The Morgan fingerprint density at radius 3 is 3.13 bits per heavy atom. The van der Waals surface area contributed by atoms with Crippen molar-refractivity contribution in [2.75, 3.05) is 13.1 Å². The van der Waals surface area contributed by atoms with Crippen LogP contribution in [-0.2, 0) is 4.74 Å². The first-order valence-corrected chi connectivity index (χ1v) is 4.50. The van der Waals surface area contributed by atoms with Crippen molar-refractivity contribution in [1.29, 1.82) is 0 Å². The third-order valence-electron chi connectivity index (χ3n) is 1.90. The number of carbonyl (C=O) groups excluding carboxylic acids is 1. The van der Waals surface area contributed by atoms with Crippen LogP contribution in [-0.4, -0.2) is 42.7 Å². The van der Waals surface area contributed by atoms with Gasteiger partial charge in [-0.05, 0) is 6.08 Å². The molecule has 7 heteroatoms. The molecule has 7 nitrogen and oxygen atoms in total. The lowest BCUT2D eigenvalue weighted by Crippen LogP contribution is -2.47. The smallest absolute Gasteiger partial charge is 0.407 e. The summed E-state index contributed by atoms with van der Waals surface area (Å²) in [5.74, 6) is 5.51. The number of cyclic esters (lactones) is 1. The predicted molar refractivity (Wildman–Crippen MR) is 55.8 cm³/mol. The second-order valence-corrected chi connectivity index (χ2v) is 3.11. The molecular weight excluding hydrogens is 198 g/mol. The Balaban J connectivity index is 2.34. The number of hydrazine groups is 1. The van der Waals surface area contributed by atoms with Gasteiger partial charge < -0.3 is 15.8 Å². The quantitative estimate of drug-likeness (QED) is 0.301. The molecule has 0 unspecified atom stereocenters. The zero-order valence-corrected chi connectivity index (χ0v) is 8.30. The number of amides is 1. The van der Waals surface area contributed by atoms with Crippen molar-refractivity contribution < 1.29 is 9.53 Å². The number of hydrazone groups is 1. The molecule has 1 fully saturated rings. The number of allylic oxidation sites excluding steroid dienone is 1. The van der Waals surface area contributed by atoms with E-state index in [4.69, 9.17) is 16.3 Å². The fourth-order valence-electron chi connectivity index (χ4n) is 1.16. The molecule has 84 valence electrons. The normalized spacial score (nSPS) is 22.3. The van der Waals surface area contributed by atoms with E-state index in [1.165, 1.54) is 17.4 Å². The van der Waals surface area contributed by atoms with Gasteiger partial charge in [-0.1, -0.05) is 6.58 Å². The number of hydrogen-bond acceptors (Lipinski definition) is 6. The van der Waals surface area contributed by atoms with Gasteiger partial charge in [-0.15, -0.1) is 0 Å². The SMILES string of the molecule is C=C/C=N\N(N)C[C@@H](N)[C@H]1CNC(=O)O1. The Bertz CT molecular complexity index is 268. The van der Waals surface area contributed by atoms with Gasteiger partial charge in [0.15, 0.2) is 0 Å². The Labute approximate surface area is 87.7 Å². The summed E-state index contributed by atoms with van der Waals surface area (Å²) in [6, 6.07) is -0.379. The van der Waals surface area contributed by atoms with E-state index < -0.39 is 6.09 Å². The van der Waals surface area contributed by atoms with E-state index in [9.17, 15) is 4.79 Å². The third-order valence-corrected chi connectivity index (χ3v) is 1.90. The first-order valence-electron chi connectivity index (χ1n) is 4.50. The fourth-order valence-corrected chi connectivity index (χ4v) is 1.16. The highest BCUT2D eigenvalue weighted by atomic mass is 16.6. The molecule has 1 aliphatic rings. The summed E-state index contributed by atoms with van der Waals surface area (Å²) in [6.45, 7) is 4.15. The molecule has 1 heterocycles. The van der Waals surface area contributed by atoms with Gasteiger partial charge in [0, 0.05) is 6.21 Å². The largest absolute Gasteiger partial charge is 0.443 e. The maximum absolute atomic E-state index is 10.7. The minimum atomic E-state index is -0.450. The summed E-state index contributed by atoms with van der Waals surface area (Å²) >= 11 is 0. The van der Waals surface area contributed by atoms with Crippen LogP contribution in [0.15, 0.2) is 17.8 Å². The molecule has 0 bridgehead atoms. The van der Waals surface area contributed by atoms with Gasteiger partial charge >= 0.3 is 6.09 Å². The first-order chi connectivity index (χ1) is 7.13. The minimum absolute atomic E-state index is 0.296. The van der Waals surface area contributed by atoms with Crippen LogP contribution in [0.4, 0.5) is 4.79 Å². The van der Waals surface area contributed by atoms with E-state index >= 15 is 0 Å². The van der Waals surface area contributed by atoms with Crippen molar-refractivity contribution in [1.82, 2.24) is 10.4 Å². The lowest BCUT2D eigenvalue weighted by molar-refractivity contribution is 0.112. The molecule has 15 heavy (non-hydrogen) atoms. The minimum Gasteiger partial charge on any atom is -0.443 e. The van der Waals surface area contributed by atoms with Crippen molar-refractivity contribution in [3.63, 3.8) is 0 Å². The van der Waals surface area contributed by atoms with E-state index in [1.54, 1.807) is 0 Å². The molecule has 0 aliphatic carbocycles. The van der Waals surface area contributed by atoms with Crippen LogP contribution in [0.2, 0.25) is 0 Å². The second-order valence-electron chi connectivity index (χ2n) is 3.11. The van der Waals surface area contributed by atoms with Crippen LogP contribution in [0.5, 0.6) is 0 Å². The van der Waals surface area contributed by atoms with Crippen molar-refractivity contribution in [3.05, 3.63) is 12.7 Å². The van der Waals surface area contributed by atoms with Gasteiger partial charge in [-0.25, -0.2) is 15.8 Å². The van der Waals surface area contributed by atoms with Crippen LogP contribution in [0.3, 0.4) is 0 Å². The molecule has 1 saturated heterocycles. The third kappa shape index (κ3) is 3.56. The molecule has 0 radical (unpaired) electrons. The molecule has 5 N–H and O–H groups in total. The maximum Gasteiger partial charge on any atom is 0.407 e. The van der Waals surface area contributed by atoms with Crippen molar-refractivity contribution in [3.8, 4) is 0 Å². The number of ether oxygens (including phenoxy) is 1. The van der Waals surface area contributed by atoms with Gasteiger partial charge in [0.2, 0.25) is 0 Å². The number of alkyl carbamates (subject to hydrolysis) is 1. The molecule has 0 spiro atoms. The van der Waals surface area contributed by atoms with Crippen molar-refractivity contribution in [2.45, 2.75) is 12.1 Å². The van der Waals surface area contributed by atoms with Crippen LogP contribution in [0, 0.1) is 0 Å². The molecule has 0 aromatic rings. The summed E-state index contributed by atoms with van der Waals surface area (Å²) in [5.41, 5.74) is 5.78. The highest BCUT2D eigenvalue weighted by Crippen LogP contribution is 2.04. The molecule has 1 rings (SSSR count). The van der Waals surface area contributed by atoms with Crippen molar-refractivity contribution in [2.24, 2.45) is 16.7 Å². The summed E-state index contributed by atoms with van der Waals surface area (Å²) in [5, 5.41) is 7.49. The number of nitrogens with two attached hydrogens (primary N) is 2. The molecule has 0 aromatic heterocycles. The molecule has 1 aliphatic heterocycles. The fraction of sp³-hybridized carbons (Fsp3) is 0.500. The Hall–Kier alpha value is -1.60. The van der Waals surface area contributed by atoms with Gasteiger partial charge in [0.25, 0.3) is 0 Å². The predicted octanol–water partition coefficient (Wildman–Crippen LogP) is -1.23. The summed E-state index contributed by atoms with van der Waals surface area (Å²) < 4.78 is 4.90. The highest BCUT2D eigenvalue weighted by Gasteiger charge is 2.28. The number of carbonyl (C=O) groups is 1. The van der Waals surface area contributed by atoms with E-state index in [2.05, 4.69) is 17.0 Å². The number of hydrogen-bond donors (Lipinski definition) is 3. The van der Waals surface area contributed by atoms with Gasteiger partial charge in [-0.3, -0.25) is 0 Å². The molecule has 0 saturated carbocycles. The lowest BCUT2D eigenvalue weighted by Gasteiger charge is -2.20. The highest BCUT2D eigenvalue weighted by molar-refractivity contribution is 5.70. The lowest BCUT2D eigenvalue weighted by atomic mass is 10.2. The monoisotopic (exact) mass is 213 g/mol.